The summed E-state index contributed by atoms with van der Waals surface area (Å²) in [6, 6.07) is 5.86. The zero-order valence-electron chi connectivity index (χ0n) is 11.6. The van der Waals surface area contributed by atoms with Gasteiger partial charge in [-0.2, -0.15) is 0 Å². The Bertz CT molecular complexity index is 481. The summed E-state index contributed by atoms with van der Waals surface area (Å²) < 4.78 is 5.23. The lowest BCUT2D eigenvalue weighted by Gasteiger charge is -2.42. The highest BCUT2D eigenvalue weighted by Crippen LogP contribution is 2.38. The zero-order chi connectivity index (χ0) is 13.5. The van der Waals surface area contributed by atoms with E-state index >= 15 is 0 Å². The van der Waals surface area contributed by atoms with E-state index in [2.05, 4.69) is 5.32 Å². The third-order valence-corrected chi connectivity index (χ3v) is 3.18. The van der Waals surface area contributed by atoms with Crippen molar-refractivity contribution in [2.75, 3.05) is 17.3 Å². The second-order valence-corrected chi connectivity index (χ2v) is 5.40. The van der Waals surface area contributed by atoms with Crippen LogP contribution in [0.15, 0.2) is 18.2 Å². The molecule has 0 saturated carbocycles. The van der Waals surface area contributed by atoms with Crippen molar-refractivity contribution < 1.29 is 9.53 Å². The summed E-state index contributed by atoms with van der Waals surface area (Å²) in [6.07, 6.45) is 0. The minimum absolute atomic E-state index is 0.0927. The van der Waals surface area contributed by atoms with Crippen molar-refractivity contribution >= 4 is 17.3 Å². The number of carbonyl (C=O) groups excluding carboxylic acids is 1. The van der Waals surface area contributed by atoms with Gasteiger partial charge in [0.2, 0.25) is 0 Å². The molecule has 0 bridgehead atoms. The Kier molecular flexibility index (Phi) is 2.97. The second-order valence-electron chi connectivity index (χ2n) is 5.40. The van der Waals surface area contributed by atoms with E-state index < -0.39 is 5.54 Å². The number of nitrogens with one attached hydrogen (secondary N) is 1. The molecule has 0 spiro atoms. The summed E-state index contributed by atoms with van der Waals surface area (Å²) in [5.74, 6) is 0.880. The molecule has 1 N–H and O–H groups in total. The quantitative estimate of drug-likeness (QED) is 0.874. The number of amides is 1. The number of hydrogen-bond donors (Lipinski definition) is 1. The summed E-state index contributed by atoms with van der Waals surface area (Å²) >= 11 is 0. The van der Waals surface area contributed by atoms with E-state index in [1.165, 1.54) is 0 Å². The van der Waals surface area contributed by atoms with Gasteiger partial charge in [0.1, 0.15) is 11.3 Å². The molecule has 98 valence electrons. The van der Waals surface area contributed by atoms with Crippen molar-refractivity contribution in [3.8, 4) is 5.75 Å². The highest BCUT2D eigenvalue weighted by molar-refractivity contribution is 6.07. The Morgan fingerprint density at radius 3 is 2.56 bits per heavy atom. The summed E-state index contributed by atoms with van der Waals surface area (Å²) in [6.45, 7) is 7.83. The normalized spacial score (nSPS) is 17.4. The molecule has 1 amide bonds. The number of nitrogens with zero attached hydrogens (tertiary/aromatic N) is 1. The van der Waals surface area contributed by atoms with E-state index in [4.69, 9.17) is 4.74 Å². The smallest absolute Gasteiger partial charge is 0.252 e. The highest BCUT2D eigenvalue weighted by atomic mass is 16.5. The molecule has 0 radical (unpaired) electrons. The zero-order valence-corrected chi connectivity index (χ0v) is 11.6. The number of hydrogen-bond acceptors (Lipinski definition) is 3. The molecule has 2 rings (SSSR count). The van der Waals surface area contributed by atoms with Crippen LogP contribution in [0.25, 0.3) is 0 Å². The van der Waals surface area contributed by atoms with Crippen LogP contribution in [0.2, 0.25) is 0 Å². The lowest BCUT2D eigenvalue weighted by Crippen LogP contribution is -2.56. The van der Waals surface area contributed by atoms with Crippen molar-refractivity contribution in [3.63, 3.8) is 0 Å². The summed E-state index contributed by atoms with van der Waals surface area (Å²) in [4.78, 5) is 14.3. The maximum atomic E-state index is 12.4. The van der Waals surface area contributed by atoms with Crippen LogP contribution in [0, 0.1) is 0 Å². The van der Waals surface area contributed by atoms with Crippen LogP contribution in [0.4, 0.5) is 11.4 Å². The highest BCUT2D eigenvalue weighted by Gasteiger charge is 2.39. The summed E-state index contributed by atoms with van der Waals surface area (Å²) in [7, 11) is 1.64. The van der Waals surface area contributed by atoms with Crippen molar-refractivity contribution in [1.29, 1.82) is 0 Å². The molecule has 0 atom stereocenters. The standard InChI is InChI=1S/C14H20N2O2/c1-9(2)16-12-7-6-10(18-5)8-11(12)15-14(3,4)13(16)17/h6-9,15H,1-5H3. The number of ether oxygens (including phenoxy) is 1. The number of rotatable bonds is 2. The maximum Gasteiger partial charge on any atom is 0.252 e. The predicted molar refractivity (Wildman–Crippen MR) is 73.3 cm³/mol. The summed E-state index contributed by atoms with van der Waals surface area (Å²) in [5.41, 5.74) is 1.26. The Morgan fingerprint density at radius 1 is 1.33 bits per heavy atom. The van der Waals surface area contributed by atoms with Gasteiger partial charge < -0.3 is 15.0 Å². The van der Waals surface area contributed by atoms with Gasteiger partial charge >= 0.3 is 0 Å². The van der Waals surface area contributed by atoms with Crippen LogP contribution in [0.5, 0.6) is 5.75 Å². The first-order valence-electron chi connectivity index (χ1n) is 6.16. The van der Waals surface area contributed by atoms with E-state index in [9.17, 15) is 4.79 Å². The molecular weight excluding hydrogens is 228 g/mol. The van der Waals surface area contributed by atoms with Gasteiger partial charge in [0.05, 0.1) is 18.5 Å². The molecule has 4 heteroatoms. The first-order chi connectivity index (χ1) is 8.36. The Hall–Kier alpha value is -1.71. The number of carbonyl (C=O) groups is 1. The molecule has 1 aromatic rings. The number of methoxy groups -OCH3 is 1. The van der Waals surface area contributed by atoms with E-state index in [-0.39, 0.29) is 11.9 Å². The number of fused-ring (bicyclic) bond motifs is 1. The monoisotopic (exact) mass is 248 g/mol. The fourth-order valence-electron chi connectivity index (χ4n) is 2.27. The lowest BCUT2D eigenvalue weighted by atomic mass is 9.97. The molecule has 1 aliphatic heterocycles. The Morgan fingerprint density at radius 2 is 2.00 bits per heavy atom. The van der Waals surface area contributed by atoms with Gasteiger partial charge in [-0.25, -0.2) is 0 Å². The van der Waals surface area contributed by atoms with Crippen LogP contribution in [-0.4, -0.2) is 24.6 Å². The molecule has 0 aliphatic carbocycles. The van der Waals surface area contributed by atoms with Crippen molar-refractivity contribution in [2.45, 2.75) is 39.3 Å². The molecule has 0 fully saturated rings. The third-order valence-electron chi connectivity index (χ3n) is 3.18. The van der Waals surface area contributed by atoms with Gasteiger partial charge in [-0.1, -0.05) is 0 Å². The summed E-state index contributed by atoms with van der Waals surface area (Å²) in [5, 5.41) is 3.27. The van der Waals surface area contributed by atoms with Crippen LogP contribution < -0.4 is 15.0 Å². The lowest BCUT2D eigenvalue weighted by molar-refractivity contribution is -0.122. The number of anilines is 2. The van der Waals surface area contributed by atoms with Crippen LogP contribution >= 0.6 is 0 Å². The van der Waals surface area contributed by atoms with E-state index in [1.807, 2.05) is 50.8 Å². The van der Waals surface area contributed by atoms with Gasteiger partial charge in [-0.3, -0.25) is 4.79 Å². The topological polar surface area (TPSA) is 41.6 Å². The SMILES string of the molecule is COc1ccc2c(c1)NC(C)(C)C(=O)N2C(C)C. The Balaban J connectivity index is 2.55. The molecule has 18 heavy (non-hydrogen) atoms. The fraction of sp³-hybridized carbons (Fsp3) is 0.500. The van der Waals surface area contributed by atoms with E-state index in [1.54, 1.807) is 7.11 Å². The first-order valence-corrected chi connectivity index (χ1v) is 6.16. The largest absolute Gasteiger partial charge is 0.497 e. The minimum atomic E-state index is -0.594. The van der Waals surface area contributed by atoms with Gasteiger partial charge in [-0.15, -0.1) is 0 Å². The molecule has 4 nitrogen and oxygen atoms in total. The van der Waals surface area contributed by atoms with E-state index in [0.29, 0.717) is 0 Å². The van der Waals surface area contributed by atoms with Crippen LogP contribution in [-0.2, 0) is 4.79 Å². The number of benzene rings is 1. The first kappa shape index (κ1) is 12.7. The predicted octanol–water partition coefficient (Wildman–Crippen LogP) is 2.64. The molecular formula is C14H20N2O2. The van der Waals surface area contributed by atoms with Crippen LogP contribution in [0.1, 0.15) is 27.7 Å². The van der Waals surface area contributed by atoms with Gasteiger partial charge in [0, 0.05) is 12.1 Å². The van der Waals surface area contributed by atoms with Gasteiger partial charge in [-0.05, 0) is 39.8 Å². The molecule has 0 aromatic heterocycles. The minimum Gasteiger partial charge on any atom is -0.497 e. The second kappa shape index (κ2) is 4.19. The Labute approximate surface area is 108 Å². The van der Waals surface area contributed by atoms with Crippen LogP contribution in [0.3, 0.4) is 0 Å². The fourth-order valence-corrected chi connectivity index (χ4v) is 2.27. The van der Waals surface area contributed by atoms with Gasteiger partial charge in [0.15, 0.2) is 0 Å². The average molecular weight is 248 g/mol. The van der Waals surface area contributed by atoms with Gasteiger partial charge in [0.25, 0.3) is 5.91 Å². The van der Waals surface area contributed by atoms with E-state index in [0.717, 1.165) is 17.1 Å². The molecule has 1 heterocycles. The molecule has 0 unspecified atom stereocenters. The molecule has 1 aromatic carbocycles. The third kappa shape index (κ3) is 1.92. The van der Waals surface area contributed by atoms with Crippen molar-refractivity contribution in [1.82, 2.24) is 0 Å². The average Bonchev–Trinajstić information content (AvgIpc) is 2.29. The van der Waals surface area contributed by atoms with Crippen molar-refractivity contribution in [2.24, 2.45) is 0 Å². The molecule has 1 aliphatic rings. The van der Waals surface area contributed by atoms with Crippen molar-refractivity contribution in [3.05, 3.63) is 18.2 Å². The molecule has 0 saturated heterocycles. The maximum absolute atomic E-state index is 12.4.